The summed E-state index contributed by atoms with van der Waals surface area (Å²) in [5.41, 5.74) is 2.28. The predicted octanol–water partition coefficient (Wildman–Crippen LogP) is 1.15. The molecule has 0 saturated heterocycles. The number of rotatable bonds is 4. The van der Waals surface area contributed by atoms with E-state index in [4.69, 9.17) is 5.11 Å². The van der Waals surface area contributed by atoms with Gasteiger partial charge in [0.05, 0.1) is 12.1 Å². The molecule has 2 N–H and O–H groups in total. The number of anilines is 1. The van der Waals surface area contributed by atoms with E-state index >= 15 is 0 Å². The lowest BCUT2D eigenvalue weighted by Gasteiger charge is -2.14. The molecule has 86 valence electrons. The molecule has 1 aliphatic heterocycles. The van der Waals surface area contributed by atoms with E-state index in [0.717, 1.165) is 23.6 Å². The van der Waals surface area contributed by atoms with Crippen LogP contribution in [-0.2, 0) is 17.0 Å². The van der Waals surface area contributed by atoms with Crippen LogP contribution >= 0.6 is 11.8 Å². The topological polar surface area (TPSA) is 75.1 Å². The maximum Gasteiger partial charge on any atom is 0.305 e. The van der Waals surface area contributed by atoms with Crippen LogP contribution in [0.4, 0.5) is 5.95 Å². The fourth-order valence-corrected chi connectivity index (χ4v) is 2.44. The molecule has 2 heterocycles. The normalized spacial score (nSPS) is 14.2. The van der Waals surface area contributed by atoms with Crippen molar-refractivity contribution in [2.45, 2.75) is 18.6 Å². The summed E-state index contributed by atoms with van der Waals surface area (Å²) < 4.78 is 0. The zero-order chi connectivity index (χ0) is 11.4. The molecule has 2 rings (SSSR count). The fraction of sp³-hybridized carbons (Fsp3) is 0.500. The van der Waals surface area contributed by atoms with Gasteiger partial charge in [0.25, 0.3) is 0 Å². The highest BCUT2D eigenvalue weighted by Crippen LogP contribution is 2.22. The Balaban J connectivity index is 1.97. The van der Waals surface area contributed by atoms with Gasteiger partial charge in [-0.25, -0.2) is 9.97 Å². The Hall–Kier alpha value is -1.30. The van der Waals surface area contributed by atoms with Crippen molar-refractivity contribution in [3.8, 4) is 0 Å². The molecule has 1 aromatic rings. The molecule has 0 atom stereocenters. The molecule has 1 aromatic heterocycles. The highest BCUT2D eigenvalue weighted by atomic mass is 32.2. The number of nitrogens with zero attached hydrogens (tertiary/aromatic N) is 2. The summed E-state index contributed by atoms with van der Waals surface area (Å²) in [7, 11) is 0. The molecule has 5 nitrogen and oxygen atoms in total. The third-order valence-corrected chi connectivity index (χ3v) is 3.32. The third kappa shape index (κ3) is 2.85. The number of hydrogen-bond donors (Lipinski definition) is 2. The molecule has 0 aliphatic carbocycles. The van der Waals surface area contributed by atoms with Crippen LogP contribution in [0.25, 0.3) is 0 Å². The highest BCUT2D eigenvalue weighted by molar-refractivity contribution is 7.98. The van der Waals surface area contributed by atoms with Crippen molar-refractivity contribution in [3.05, 3.63) is 17.5 Å². The molecule has 6 heteroatoms. The maximum absolute atomic E-state index is 10.3. The number of hydrogen-bond acceptors (Lipinski definition) is 5. The zero-order valence-electron chi connectivity index (χ0n) is 8.77. The Morgan fingerprint density at radius 3 is 3.31 bits per heavy atom. The van der Waals surface area contributed by atoms with Crippen molar-refractivity contribution < 1.29 is 9.90 Å². The maximum atomic E-state index is 10.3. The second-order valence-electron chi connectivity index (χ2n) is 3.54. The summed E-state index contributed by atoms with van der Waals surface area (Å²) in [5, 5.41) is 11.4. The van der Waals surface area contributed by atoms with Crippen molar-refractivity contribution in [1.82, 2.24) is 9.97 Å². The van der Waals surface area contributed by atoms with Crippen LogP contribution < -0.4 is 5.32 Å². The highest BCUT2D eigenvalue weighted by Gasteiger charge is 2.12. The fourth-order valence-electron chi connectivity index (χ4n) is 1.50. The number of aromatic nitrogens is 2. The number of thioether (sulfide) groups is 1. The van der Waals surface area contributed by atoms with Crippen molar-refractivity contribution >= 4 is 23.7 Å². The molecule has 1 aliphatic rings. The zero-order valence-corrected chi connectivity index (χ0v) is 9.59. The molecule has 16 heavy (non-hydrogen) atoms. The number of nitrogens with one attached hydrogen (secondary N) is 1. The van der Waals surface area contributed by atoms with Crippen molar-refractivity contribution in [1.29, 1.82) is 0 Å². The lowest BCUT2D eigenvalue weighted by molar-refractivity contribution is -0.136. The van der Waals surface area contributed by atoms with Gasteiger partial charge in [0.2, 0.25) is 5.95 Å². The quantitative estimate of drug-likeness (QED) is 0.821. The number of carboxylic acid groups (broad SMARTS) is 1. The molecule has 0 spiro atoms. The second-order valence-corrected chi connectivity index (χ2v) is 4.64. The first-order chi connectivity index (χ1) is 7.75. The second kappa shape index (κ2) is 5.16. The first kappa shape index (κ1) is 11.2. The van der Waals surface area contributed by atoms with Gasteiger partial charge < -0.3 is 10.4 Å². The van der Waals surface area contributed by atoms with Crippen LogP contribution in [0, 0.1) is 0 Å². The van der Waals surface area contributed by atoms with E-state index < -0.39 is 5.97 Å². The standard InChI is InChI=1S/C10H13N3O2S/c14-9(15)1-3-11-10-12-5-7-6-16-4-2-8(7)13-10/h5H,1-4,6H2,(H,14,15)(H,11,12,13). The van der Waals surface area contributed by atoms with Gasteiger partial charge in [-0.15, -0.1) is 0 Å². The molecule has 0 aromatic carbocycles. The summed E-state index contributed by atoms with van der Waals surface area (Å²) in [6, 6.07) is 0. The average molecular weight is 239 g/mol. The van der Waals surface area contributed by atoms with Crippen molar-refractivity contribution in [2.75, 3.05) is 17.6 Å². The van der Waals surface area contributed by atoms with Crippen LogP contribution in [-0.4, -0.2) is 33.3 Å². The minimum Gasteiger partial charge on any atom is -0.481 e. The van der Waals surface area contributed by atoms with Crippen LogP contribution in [0.5, 0.6) is 0 Å². The summed E-state index contributed by atoms with van der Waals surface area (Å²) in [4.78, 5) is 18.9. The van der Waals surface area contributed by atoms with Gasteiger partial charge in [0.15, 0.2) is 0 Å². The molecule has 0 fully saturated rings. The number of fused-ring (bicyclic) bond motifs is 1. The summed E-state index contributed by atoms with van der Waals surface area (Å²) in [6.07, 6.45) is 2.88. The Morgan fingerprint density at radius 2 is 2.50 bits per heavy atom. The molecular formula is C10H13N3O2S. The summed E-state index contributed by atoms with van der Waals surface area (Å²) in [5.74, 6) is 1.79. The lowest BCUT2D eigenvalue weighted by Crippen LogP contribution is -2.13. The van der Waals surface area contributed by atoms with Gasteiger partial charge in [0.1, 0.15) is 0 Å². The molecule has 0 saturated carbocycles. The summed E-state index contributed by atoms with van der Waals surface area (Å²) >= 11 is 1.89. The van der Waals surface area contributed by atoms with Crippen LogP contribution in [0.15, 0.2) is 6.20 Å². The van der Waals surface area contributed by atoms with Crippen LogP contribution in [0.1, 0.15) is 17.7 Å². The Bertz CT molecular complexity index is 398. The molecular weight excluding hydrogens is 226 g/mol. The van der Waals surface area contributed by atoms with Crippen LogP contribution in [0.2, 0.25) is 0 Å². The van der Waals surface area contributed by atoms with E-state index in [-0.39, 0.29) is 6.42 Å². The smallest absolute Gasteiger partial charge is 0.305 e. The van der Waals surface area contributed by atoms with E-state index in [1.165, 1.54) is 5.56 Å². The van der Waals surface area contributed by atoms with Gasteiger partial charge in [-0.3, -0.25) is 4.79 Å². The van der Waals surface area contributed by atoms with E-state index in [1.807, 2.05) is 18.0 Å². The van der Waals surface area contributed by atoms with Crippen molar-refractivity contribution in [2.24, 2.45) is 0 Å². The number of aryl methyl sites for hydroxylation is 1. The minimum atomic E-state index is -0.818. The number of carboxylic acids is 1. The van der Waals surface area contributed by atoms with Gasteiger partial charge in [-0.1, -0.05) is 0 Å². The largest absolute Gasteiger partial charge is 0.481 e. The first-order valence-corrected chi connectivity index (χ1v) is 6.29. The van der Waals surface area contributed by atoms with E-state index in [0.29, 0.717) is 12.5 Å². The van der Waals surface area contributed by atoms with Gasteiger partial charge >= 0.3 is 5.97 Å². The van der Waals surface area contributed by atoms with Crippen molar-refractivity contribution in [3.63, 3.8) is 0 Å². The lowest BCUT2D eigenvalue weighted by atomic mass is 10.2. The minimum absolute atomic E-state index is 0.0797. The van der Waals surface area contributed by atoms with E-state index in [1.54, 1.807) is 0 Å². The predicted molar refractivity (Wildman–Crippen MR) is 62.6 cm³/mol. The van der Waals surface area contributed by atoms with E-state index in [2.05, 4.69) is 15.3 Å². The average Bonchev–Trinajstić information content (AvgIpc) is 2.28. The number of aliphatic carboxylic acids is 1. The Labute approximate surface area is 97.7 Å². The van der Waals surface area contributed by atoms with Gasteiger partial charge in [-0.05, 0) is 12.2 Å². The third-order valence-electron chi connectivity index (χ3n) is 2.32. The first-order valence-electron chi connectivity index (χ1n) is 5.14. The van der Waals surface area contributed by atoms with Gasteiger partial charge in [0, 0.05) is 24.1 Å². The SMILES string of the molecule is O=C(O)CCNc1ncc2c(n1)CCSC2. The summed E-state index contributed by atoms with van der Waals surface area (Å²) in [6.45, 7) is 0.364. The monoisotopic (exact) mass is 239 g/mol. The molecule has 0 amide bonds. The molecule has 0 radical (unpaired) electrons. The number of carbonyl (C=O) groups is 1. The van der Waals surface area contributed by atoms with Gasteiger partial charge in [-0.2, -0.15) is 11.8 Å². The Kier molecular flexibility index (Phi) is 3.61. The van der Waals surface area contributed by atoms with E-state index in [9.17, 15) is 4.79 Å². The Morgan fingerprint density at radius 1 is 1.62 bits per heavy atom. The van der Waals surface area contributed by atoms with Crippen LogP contribution in [0.3, 0.4) is 0 Å². The molecule has 0 bridgehead atoms. The molecule has 0 unspecified atom stereocenters.